The van der Waals surface area contributed by atoms with E-state index in [1.165, 1.54) is 23.8 Å². The Morgan fingerprint density at radius 3 is 2.52 bits per heavy atom. The van der Waals surface area contributed by atoms with Gasteiger partial charge in [0.15, 0.2) is 23.3 Å². The lowest BCUT2D eigenvalue weighted by molar-refractivity contribution is -0.139. The molecule has 33 heavy (non-hydrogen) atoms. The number of carboxylic acids is 1. The second-order valence-electron chi connectivity index (χ2n) is 6.73. The molecule has 2 aromatic rings. The molecule has 1 amide bonds. The van der Waals surface area contributed by atoms with Crippen LogP contribution in [0.2, 0.25) is 0 Å². The number of esters is 1. The lowest BCUT2D eigenvalue weighted by atomic mass is 10.2. The molecule has 0 bridgehead atoms. The van der Waals surface area contributed by atoms with E-state index in [1.54, 1.807) is 62.5 Å². The summed E-state index contributed by atoms with van der Waals surface area (Å²) >= 11 is 1.21. The number of benzene rings is 2. The van der Waals surface area contributed by atoms with Crippen LogP contribution in [0, 0.1) is 0 Å². The number of hydrogen-bond acceptors (Lipinski definition) is 8. The number of carbonyl (C=O) groups is 3. The Hall–Kier alpha value is -3.79. The number of rotatable bonds is 8. The van der Waals surface area contributed by atoms with Crippen LogP contribution in [0.1, 0.15) is 22.8 Å². The SMILES string of the molecule is CCOC(=O)c1ccc(N=C2SC(=Cc3ccc(OCC(=O)O)c(OC)c3)C(=O)N2C)cc1. The number of thioether (sulfide) groups is 1. The Labute approximate surface area is 194 Å². The maximum absolute atomic E-state index is 12.7. The lowest BCUT2D eigenvalue weighted by Gasteiger charge is -2.09. The van der Waals surface area contributed by atoms with Crippen LogP contribution >= 0.6 is 11.8 Å². The lowest BCUT2D eigenvalue weighted by Crippen LogP contribution is -2.23. The standard InChI is InChI=1S/C23H22N2O7S/c1-4-31-22(29)15-6-8-16(9-7-15)24-23-25(2)21(28)19(33-23)12-14-5-10-17(18(11-14)30-3)32-13-20(26)27/h5-12H,4,13H2,1-3H3,(H,26,27). The molecule has 0 aromatic heterocycles. The van der Waals surface area contributed by atoms with Crippen LogP contribution in [0.3, 0.4) is 0 Å². The number of methoxy groups -OCH3 is 1. The zero-order valence-electron chi connectivity index (χ0n) is 18.2. The highest BCUT2D eigenvalue weighted by Crippen LogP contribution is 2.35. The van der Waals surface area contributed by atoms with Gasteiger partial charge in [-0.15, -0.1) is 0 Å². The number of aliphatic imine (C=N–C) groups is 1. The van der Waals surface area contributed by atoms with Gasteiger partial charge in [0.1, 0.15) is 0 Å². The van der Waals surface area contributed by atoms with E-state index < -0.39 is 18.5 Å². The molecule has 0 atom stereocenters. The molecule has 1 aliphatic heterocycles. The average molecular weight is 471 g/mol. The van der Waals surface area contributed by atoms with Crippen molar-refractivity contribution in [2.45, 2.75) is 6.92 Å². The van der Waals surface area contributed by atoms with Crippen molar-refractivity contribution in [1.29, 1.82) is 0 Å². The van der Waals surface area contributed by atoms with Gasteiger partial charge in [0.2, 0.25) is 0 Å². The van der Waals surface area contributed by atoms with Gasteiger partial charge in [-0.25, -0.2) is 14.6 Å². The minimum absolute atomic E-state index is 0.216. The van der Waals surface area contributed by atoms with E-state index in [-0.39, 0.29) is 11.7 Å². The Morgan fingerprint density at radius 2 is 1.88 bits per heavy atom. The van der Waals surface area contributed by atoms with Crippen molar-refractivity contribution in [3.8, 4) is 11.5 Å². The molecule has 1 fully saturated rings. The summed E-state index contributed by atoms with van der Waals surface area (Å²) in [5.74, 6) is -1.07. The highest BCUT2D eigenvalue weighted by atomic mass is 32.2. The van der Waals surface area contributed by atoms with Gasteiger partial charge in [-0.3, -0.25) is 9.69 Å². The van der Waals surface area contributed by atoms with Crippen molar-refractivity contribution < 1.29 is 33.7 Å². The van der Waals surface area contributed by atoms with Gasteiger partial charge in [-0.2, -0.15) is 0 Å². The number of amidine groups is 1. The van der Waals surface area contributed by atoms with Gasteiger partial charge in [-0.05, 0) is 66.7 Å². The molecule has 1 saturated heterocycles. The number of carbonyl (C=O) groups excluding carboxylic acids is 2. The smallest absolute Gasteiger partial charge is 0.341 e. The van der Waals surface area contributed by atoms with Crippen LogP contribution in [0.25, 0.3) is 6.08 Å². The zero-order valence-corrected chi connectivity index (χ0v) is 19.0. The fraction of sp³-hybridized carbons (Fsp3) is 0.217. The molecule has 1 aliphatic rings. The molecule has 1 N–H and O–H groups in total. The molecular weight excluding hydrogens is 448 g/mol. The molecule has 0 unspecified atom stereocenters. The topological polar surface area (TPSA) is 115 Å². The molecule has 3 rings (SSSR count). The van der Waals surface area contributed by atoms with E-state index in [0.29, 0.717) is 39.2 Å². The Kier molecular flexibility index (Phi) is 7.73. The third-order valence-corrected chi connectivity index (χ3v) is 5.50. The van der Waals surface area contributed by atoms with E-state index in [0.717, 1.165) is 0 Å². The van der Waals surface area contributed by atoms with Crippen molar-refractivity contribution in [2.24, 2.45) is 4.99 Å². The summed E-state index contributed by atoms with van der Waals surface area (Å²) in [5, 5.41) is 9.26. The van der Waals surface area contributed by atoms with Crippen molar-refractivity contribution in [3.05, 3.63) is 58.5 Å². The summed E-state index contributed by atoms with van der Waals surface area (Å²) in [5.41, 5.74) is 1.70. The van der Waals surface area contributed by atoms with Crippen molar-refractivity contribution in [3.63, 3.8) is 0 Å². The van der Waals surface area contributed by atoms with Gasteiger partial charge < -0.3 is 19.3 Å². The van der Waals surface area contributed by atoms with Crippen LogP contribution in [0.4, 0.5) is 5.69 Å². The van der Waals surface area contributed by atoms with E-state index in [1.807, 2.05) is 0 Å². The van der Waals surface area contributed by atoms with Crippen LogP contribution in [-0.4, -0.2) is 60.4 Å². The maximum atomic E-state index is 12.7. The number of likely N-dealkylation sites (N-methyl/N-ethyl adjacent to an activating group) is 1. The second-order valence-corrected chi connectivity index (χ2v) is 7.74. The summed E-state index contributed by atoms with van der Waals surface area (Å²) in [7, 11) is 3.08. The Balaban J connectivity index is 1.79. The fourth-order valence-corrected chi connectivity index (χ4v) is 3.82. The quantitative estimate of drug-likeness (QED) is 0.460. The fourth-order valence-electron chi connectivity index (χ4n) is 2.83. The van der Waals surface area contributed by atoms with Gasteiger partial charge in [0, 0.05) is 7.05 Å². The summed E-state index contributed by atoms with van der Waals surface area (Å²) in [6.07, 6.45) is 1.69. The average Bonchev–Trinajstić information content (AvgIpc) is 3.06. The second kappa shape index (κ2) is 10.7. The molecule has 0 aliphatic carbocycles. The summed E-state index contributed by atoms with van der Waals surface area (Å²) in [6.45, 7) is 1.55. The predicted octanol–water partition coefficient (Wildman–Crippen LogP) is 3.57. The van der Waals surface area contributed by atoms with Crippen molar-refractivity contribution in [2.75, 3.05) is 27.4 Å². The number of amides is 1. The first-order valence-corrected chi connectivity index (χ1v) is 10.7. The first kappa shape index (κ1) is 23.9. The van der Waals surface area contributed by atoms with Gasteiger partial charge in [0.25, 0.3) is 5.91 Å². The monoisotopic (exact) mass is 470 g/mol. The minimum Gasteiger partial charge on any atom is -0.493 e. The highest BCUT2D eigenvalue weighted by molar-refractivity contribution is 8.18. The summed E-state index contributed by atoms with van der Waals surface area (Å²) in [4.78, 5) is 41.6. The van der Waals surface area contributed by atoms with Crippen molar-refractivity contribution in [1.82, 2.24) is 4.90 Å². The molecule has 0 saturated carbocycles. The van der Waals surface area contributed by atoms with E-state index in [9.17, 15) is 14.4 Å². The Morgan fingerprint density at radius 1 is 1.15 bits per heavy atom. The molecule has 0 spiro atoms. The van der Waals surface area contributed by atoms with E-state index in [2.05, 4.69) is 4.99 Å². The van der Waals surface area contributed by atoms with Crippen LogP contribution in [0.15, 0.2) is 52.4 Å². The maximum Gasteiger partial charge on any atom is 0.341 e. The number of carboxylic acid groups (broad SMARTS) is 1. The van der Waals surface area contributed by atoms with Gasteiger partial charge in [0.05, 0.1) is 29.9 Å². The van der Waals surface area contributed by atoms with Gasteiger partial charge >= 0.3 is 11.9 Å². The molecule has 10 heteroatoms. The predicted molar refractivity (Wildman–Crippen MR) is 124 cm³/mol. The number of hydrogen-bond donors (Lipinski definition) is 1. The zero-order chi connectivity index (χ0) is 24.0. The molecular formula is C23H22N2O7S. The Bertz CT molecular complexity index is 1130. The first-order chi connectivity index (χ1) is 15.8. The summed E-state index contributed by atoms with van der Waals surface area (Å²) < 4.78 is 15.4. The largest absolute Gasteiger partial charge is 0.493 e. The molecule has 172 valence electrons. The summed E-state index contributed by atoms with van der Waals surface area (Å²) in [6, 6.07) is 11.5. The third-order valence-electron chi connectivity index (χ3n) is 4.44. The van der Waals surface area contributed by atoms with E-state index >= 15 is 0 Å². The molecule has 1 heterocycles. The highest BCUT2D eigenvalue weighted by Gasteiger charge is 2.30. The van der Waals surface area contributed by atoms with E-state index in [4.69, 9.17) is 19.3 Å². The van der Waals surface area contributed by atoms with Gasteiger partial charge in [-0.1, -0.05) is 6.07 Å². The minimum atomic E-state index is -1.10. The number of nitrogens with zero attached hydrogens (tertiary/aromatic N) is 2. The normalized spacial score (nSPS) is 15.7. The first-order valence-electron chi connectivity index (χ1n) is 9.88. The number of aliphatic carboxylic acids is 1. The number of ether oxygens (including phenoxy) is 3. The molecule has 0 radical (unpaired) electrons. The van der Waals surface area contributed by atoms with Crippen molar-refractivity contribution >= 4 is 46.5 Å². The van der Waals surface area contributed by atoms with Crippen LogP contribution in [0.5, 0.6) is 11.5 Å². The molecule has 9 nitrogen and oxygen atoms in total. The van der Waals surface area contributed by atoms with Crippen LogP contribution in [-0.2, 0) is 14.3 Å². The third kappa shape index (κ3) is 5.92. The molecule has 2 aromatic carbocycles. The van der Waals surface area contributed by atoms with Crippen LogP contribution < -0.4 is 9.47 Å².